The minimum absolute atomic E-state index is 0.130. The molecule has 3 heterocycles. The van der Waals surface area contributed by atoms with Crippen molar-refractivity contribution in [1.29, 1.82) is 0 Å². The lowest BCUT2D eigenvalue weighted by Crippen LogP contribution is -2.53. The van der Waals surface area contributed by atoms with E-state index in [1.165, 1.54) is 0 Å². The van der Waals surface area contributed by atoms with Crippen LogP contribution in [0.25, 0.3) is 0 Å². The number of pyridine rings is 1. The van der Waals surface area contributed by atoms with Gasteiger partial charge in [-0.05, 0) is 36.1 Å². The third kappa shape index (κ3) is 3.75. The molecular formula is C25H27N5O4. The Morgan fingerprint density at radius 2 is 1.88 bits per heavy atom. The number of ether oxygens (including phenoxy) is 1. The van der Waals surface area contributed by atoms with Crippen molar-refractivity contribution in [3.8, 4) is 0 Å². The highest BCUT2D eigenvalue weighted by Gasteiger charge is 2.54. The minimum atomic E-state index is -0.327. The van der Waals surface area contributed by atoms with Gasteiger partial charge in [-0.1, -0.05) is 30.3 Å². The summed E-state index contributed by atoms with van der Waals surface area (Å²) in [4.78, 5) is 43.3. The summed E-state index contributed by atoms with van der Waals surface area (Å²) in [5, 5.41) is 7.11. The molecule has 9 heteroatoms. The van der Waals surface area contributed by atoms with Gasteiger partial charge in [0.15, 0.2) is 0 Å². The number of hydrogen-bond acceptors (Lipinski definition) is 6. The Morgan fingerprint density at radius 3 is 2.56 bits per heavy atom. The highest BCUT2D eigenvalue weighted by Crippen LogP contribution is 2.52. The Bertz CT molecular complexity index is 1140. The molecule has 2 N–H and O–H groups in total. The van der Waals surface area contributed by atoms with Crippen molar-refractivity contribution in [3.05, 3.63) is 65.5 Å². The molecule has 1 fully saturated rings. The standard InChI is InChI=1S/C25H27N5O4/c1-34-22-21(27-23(32)18-8-4-5-13-26-18)16-6-2-3-7-17(16)25(22)11-14-30(15-12-25)24(33)19-9-10-20(31)29-28-19/h2-8,13,21-22H,9-12,14-15H2,1H3,(H,27,32)(H,29,31)/t21-,22+/m1/s1. The van der Waals surface area contributed by atoms with E-state index in [9.17, 15) is 14.4 Å². The van der Waals surface area contributed by atoms with Crippen molar-refractivity contribution in [2.75, 3.05) is 20.2 Å². The van der Waals surface area contributed by atoms with Crippen molar-refractivity contribution in [1.82, 2.24) is 20.6 Å². The zero-order chi connectivity index (χ0) is 23.7. The van der Waals surface area contributed by atoms with Gasteiger partial charge in [0.25, 0.3) is 11.8 Å². The second-order valence-electron chi connectivity index (χ2n) is 8.95. The first-order valence-corrected chi connectivity index (χ1v) is 11.5. The fourth-order valence-electron chi connectivity index (χ4n) is 5.56. The number of hydrogen-bond donors (Lipinski definition) is 2. The Balaban J connectivity index is 1.38. The van der Waals surface area contributed by atoms with E-state index in [-0.39, 0.29) is 41.7 Å². The number of likely N-dealkylation sites (tertiary alicyclic amines) is 1. The molecule has 34 heavy (non-hydrogen) atoms. The van der Waals surface area contributed by atoms with E-state index in [0.717, 1.165) is 11.1 Å². The number of aromatic nitrogens is 1. The number of fused-ring (bicyclic) bond motifs is 2. The molecule has 9 nitrogen and oxygen atoms in total. The van der Waals surface area contributed by atoms with Crippen molar-refractivity contribution in [2.24, 2.45) is 5.10 Å². The van der Waals surface area contributed by atoms with Crippen molar-refractivity contribution >= 4 is 23.4 Å². The normalized spacial score (nSPS) is 23.1. The zero-order valence-corrected chi connectivity index (χ0v) is 19.0. The average molecular weight is 462 g/mol. The number of rotatable bonds is 4. The Morgan fingerprint density at radius 1 is 1.12 bits per heavy atom. The van der Waals surface area contributed by atoms with Crippen LogP contribution in [0.3, 0.4) is 0 Å². The van der Waals surface area contributed by atoms with Crippen LogP contribution in [0, 0.1) is 0 Å². The maximum Gasteiger partial charge on any atom is 0.270 e. The number of carbonyl (C=O) groups excluding carboxylic acids is 3. The van der Waals surface area contributed by atoms with Crippen LogP contribution in [-0.4, -0.2) is 59.6 Å². The zero-order valence-electron chi connectivity index (χ0n) is 19.0. The molecule has 3 amide bonds. The molecule has 0 unspecified atom stereocenters. The van der Waals surface area contributed by atoms with Crippen LogP contribution in [-0.2, 0) is 19.7 Å². The number of piperidine rings is 1. The molecule has 2 atom stereocenters. The molecule has 5 rings (SSSR count). The molecule has 2 aliphatic heterocycles. The summed E-state index contributed by atoms with van der Waals surface area (Å²) in [6, 6.07) is 13.0. The van der Waals surface area contributed by atoms with E-state index in [1.807, 2.05) is 18.2 Å². The van der Waals surface area contributed by atoms with Gasteiger partial charge in [-0.15, -0.1) is 0 Å². The molecule has 1 spiro atoms. The molecule has 176 valence electrons. The highest BCUT2D eigenvalue weighted by molar-refractivity contribution is 6.39. The summed E-state index contributed by atoms with van der Waals surface area (Å²) in [6.45, 7) is 1.09. The molecule has 3 aliphatic rings. The molecule has 1 aromatic heterocycles. The van der Waals surface area contributed by atoms with Crippen molar-refractivity contribution in [2.45, 2.75) is 43.2 Å². The number of hydrazone groups is 1. The highest BCUT2D eigenvalue weighted by atomic mass is 16.5. The minimum Gasteiger partial charge on any atom is -0.378 e. The molecule has 0 radical (unpaired) electrons. The van der Waals surface area contributed by atoms with E-state index >= 15 is 0 Å². The third-order valence-corrected chi connectivity index (χ3v) is 7.21. The van der Waals surface area contributed by atoms with E-state index in [4.69, 9.17) is 4.74 Å². The molecule has 0 saturated carbocycles. The lowest BCUT2D eigenvalue weighted by atomic mass is 9.71. The van der Waals surface area contributed by atoms with E-state index in [2.05, 4.69) is 26.9 Å². The molecular weight excluding hydrogens is 434 g/mol. The molecule has 1 aliphatic carbocycles. The number of methoxy groups -OCH3 is 1. The fourth-order valence-corrected chi connectivity index (χ4v) is 5.56. The van der Waals surface area contributed by atoms with Gasteiger partial charge in [-0.3, -0.25) is 19.4 Å². The van der Waals surface area contributed by atoms with Crippen LogP contribution in [0.4, 0.5) is 0 Å². The van der Waals surface area contributed by atoms with E-state index in [0.29, 0.717) is 43.8 Å². The lowest BCUT2D eigenvalue weighted by Gasteiger charge is -2.44. The second-order valence-corrected chi connectivity index (χ2v) is 8.95. The SMILES string of the molecule is CO[C@H]1[C@H](NC(=O)c2ccccn2)c2ccccc2C12CCN(C(=O)C1=NNC(=O)CC1)CC2. The van der Waals surface area contributed by atoms with Gasteiger partial charge in [0.05, 0.1) is 12.1 Å². The summed E-state index contributed by atoms with van der Waals surface area (Å²) >= 11 is 0. The number of nitrogens with zero attached hydrogens (tertiary/aromatic N) is 3. The smallest absolute Gasteiger partial charge is 0.270 e. The maximum atomic E-state index is 13.0. The quantitative estimate of drug-likeness (QED) is 0.720. The monoisotopic (exact) mass is 461 g/mol. The fraction of sp³-hybridized carbons (Fsp3) is 0.400. The van der Waals surface area contributed by atoms with Crippen LogP contribution in [0.2, 0.25) is 0 Å². The Labute approximate surface area is 197 Å². The maximum absolute atomic E-state index is 13.0. The van der Waals surface area contributed by atoms with Crippen molar-refractivity contribution < 1.29 is 19.1 Å². The van der Waals surface area contributed by atoms with Crippen LogP contribution >= 0.6 is 0 Å². The summed E-state index contributed by atoms with van der Waals surface area (Å²) in [6.07, 6.45) is 3.35. The number of carbonyl (C=O) groups is 3. The van der Waals surface area contributed by atoms with Crippen LogP contribution < -0.4 is 10.7 Å². The first-order chi connectivity index (χ1) is 16.5. The van der Waals surface area contributed by atoms with Crippen LogP contribution in [0.5, 0.6) is 0 Å². The van der Waals surface area contributed by atoms with Gasteiger partial charge >= 0.3 is 0 Å². The third-order valence-electron chi connectivity index (χ3n) is 7.21. The topological polar surface area (TPSA) is 113 Å². The molecule has 2 aromatic rings. The van der Waals surface area contributed by atoms with Gasteiger partial charge < -0.3 is 15.0 Å². The lowest BCUT2D eigenvalue weighted by molar-refractivity contribution is -0.127. The van der Waals surface area contributed by atoms with Gasteiger partial charge in [0.2, 0.25) is 5.91 Å². The predicted molar refractivity (Wildman–Crippen MR) is 124 cm³/mol. The molecule has 1 aromatic carbocycles. The number of benzene rings is 1. The summed E-state index contributed by atoms with van der Waals surface area (Å²) < 4.78 is 6.05. The molecule has 1 saturated heterocycles. The van der Waals surface area contributed by atoms with Gasteiger partial charge in [-0.25, -0.2) is 5.43 Å². The summed E-state index contributed by atoms with van der Waals surface area (Å²) in [5.41, 5.74) is 5.02. The first kappa shape index (κ1) is 22.2. The van der Waals surface area contributed by atoms with Gasteiger partial charge in [-0.2, -0.15) is 5.10 Å². The van der Waals surface area contributed by atoms with Gasteiger partial charge in [0.1, 0.15) is 11.4 Å². The average Bonchev–Trinajstić information content (AvgIpc) is 3.13. The molecule has 0 bridgehead atoms. The van der Waals surface area contributed by atoms with Gasteiger partial charge in [0, 0.05) is 44.7 Å². The van der Waals surface area contributed by atoms with Crippen molar-refractivity contribution in [3.63, 3.8) is 0 Å². The number of amides is 3. The second kappa shape index (κ2) is 8.98. The predicted octanol–water partition coefficient (Wildman–Crippen LogP) is 1.71. The first-order valence-electron chi connectivity index (χ1n) is 11.5. The van der Waals surface area contributed by atoms with E-state index < -0.39 is 0 Å². The number of nitrogens with one attached hydrogen (secondary N) is 2. The Hall–Kier alpha value is -3.59. The van der Waals surface area contributed by atoms with E-state index in [1.54, 1.807) is 36.4 Å². The summed E-state index contributed by atoms with van der Waals surface area (Å²) in [5.74, 6) is -0.544. The van der Waals surface area contributed by atoms with Crippen LogP contribution in [0.15, 0.2) is 53.8 Å². The largest absolute Gasteiger partial charge is 0.378 e. The van der Waals surface area contributed by atoms with Crippen LogP contribution in [0.1, 0.15) is 53.3 Å². The summed E-state index contributed by atoms with van der Waals surface area (Å²) in [7, 11) is 1.68. The Kier molecular flexibility index (Phi) is 5.87.